The van der Waals surface area contributed by atoms with E-state index >= 15 is 0 Å². The van der Waals surface area contributed by atoms with Crippen molar-refractivity contribution in [3.63, 3.8) is 0 Å². The van der Waals surface area contributed by atoms with Gasteiger partial charge in [0.25, 0.3) is 0 Å². The number of rotatable bonds is 2. The van der Waals surface area contributed by atoms with Crippen LogP contribution in [0.25, 0.3) is 0 Å². The molecule has 4 nitrogen and oxygen atoms in total. The van der Waals surface area contributed by atoms with Crippen molar-refractivity contribution in [2.24, 2.45) is 0 Å². The number of carboxylic acid groups (broad SMARTS) is 1. The van der Waals surface area contributed by atoms with Crippen LogP contribution in [0.4, 0.5) is 0 Å². The van der Waals surface area contributed by atoms with E-state index in [-0.39, 0.29) is 52.9 Å². The van der Waals surface area contributed by atoms with Crippen LogP contribution in [0.5, 0.6) is 0 Å². The molecule has 5 heteroatoms. The number of carboxylic acids is 1. The number of nitrogens with zero attached hydrogens (tertiary/aromatic N) is 1. The quantitative estimate of drug-likeness (QED) is 0.499. The van der Waals surface area contributed by atoms with Gasteiger partial charge in [0.2, 0.25) is 0 Å². The second-order valence-corrected chi connectivity index (χ2v) is 2.43. The van der Waals surface area contributed by atoms with E-state index in [2.05, 4.69) is 0 Å². The number of aliphatic hydroxyl groups excluding tert-OH is 1. The maximum atomic E-state index is 10.5. The molecule has 0 radical (unpaired) electrons. The number of carbonyl (C=O) groups is 1. The van der Waals surface area contributed by atoms with Gasteiger partial charge in [-0.3, -0.25) is 0 Å². The van der Waals surface area contributed by atoms with E-state index in [1.165, 1.54) is 18.2 Å². The first-order valence-corrected chi connectivity index (χ1v) is 3.54. The van der Waals surface area contributed by atoms with Crippen molar-refractivity contribution in [3.8, 4) is 6.07 Å². The molecule has 0 saturated carbocycles. The molecule has 0 bridgehead atoms. The van der Waals surface area contributed by atoms with Gasteiger partial charge in [-0.25, -0.2) is 0 Å². The van der Waals surface area contributed by atoms with Crippen LogP contribution in [-0.4, -0.2) is 11.1 Å². The monoisotopic (exact) mass is 199 g/mol. The summed E-state index contributed by atoms with van der Waals surface area (Å²) in [7, 11) is 0. The van der Waals surface area contributed by atoms with E-state index in [0.29, 0.717) is 0 Å². The zero-order chi connectivity index (χ0) is 9.84. The Bertz CT molecular complexity index is 384. The largest absolute Gasteiger partial charge is 1.00 e. The molecule has 14 heavy (non-hydrogen) atoms. The Hall–Kier alpha value is -0.860. The van der Waals surface area contributed by atoms with Gasteiger partial charge >= 0.3 is 29.6 Å². The second-order valence-electron chi connectivity index (χ2n) is 2.43. The molecule has 0 unspecified atom stereocenters. The first-order chi connectivity index (χ1) is 6.19. The molecule has 0 aliphatic heterocycles. The topological polar surface area (TPSA) is 84.1 Å². The Morgan fingerprint density at radius 3 is 2.64 bits per heavy atom. The molecule has 1 N–H and O–H groups in total. The van der Waals surface area contributed by atoms with Crippen LogP contribution in [0, 0.1) is 11.3 Å². The summed E-state index contributed by atoms with van der Waals surface area (Å²) in [4.78, 5) is 10.5. The zero-order valence-electron chi connectivity index (χ0n) is 7.65. The minimum Gasteiger partial charge on any atom is -0.545 e. The van der Waals surface area contributed by atoms with Crippen LogP contribution in [0.15, 0.2) is 18.2 Å². The van der Waals surface area contributed by atoms with Gasteiger partial charge in [0.1, 0.15) is 0 Å². The maximum absolute atomic E-state index is 10.5. The SMILES string of the molecule is N#Cc1ccc(CO)c(C(=O)[O-])c1.[Na+]. The van der Waals surface area contributed by atoms with Gasteiger partial charge in [-0.05, 0) is 17.7 Å². The van der Waals surface area contributed by atoms with E-state index in [1.807, 2.05) is 0 Å². The van der Waals surface area contributed by atoms with Crippen molar-refractivity contribution < 1.29 is 44.6 Å². The first kappa shape index (κ1) is 13.1. The Balaban J connectivity index is 0.00000169. The summed E-state index contributed by atoms with van der Waals surface area (Å²) in [5.74, 6) is -1.39. The summed E-state index contributed by atoms with van der Waals surface area (Å²) in [6, 6.07) is 5.82. The van der Waals surface area contributed by atoms with Crippen molar-refractivity contribution in [1.82, 2.24) is 0 Å². The van der Waals surface area contributed by atoms with Gasteiger partial charge in [0, 0.05) is 5.56 Å². The van der Waals surface area contributed by atoms with Gasteiger partial charge in [-0.2, -0.15) is 5.26 Å². The molecular formula is C9H6NNaO3. The van der Waals surface area contributed by atoms with Gasteiger partial charge in [0.15, 0.2) is 0 Å². The molecule has 0 heterocycles. The van der Waals surface area contributed by atoms with Crippen molar-refractivity contribution in [1.29, 1.82) is 5.26 Å². The standard InChI is InChI=1S/C9H7NO3.Na/c10-4-6-1-2-7(5-11)8(3-6)9(12)13;/h1-3,11H,5H2,(H,12,13);/q;+1/p-1. The maximum Gasteiger partial charge on any atom is 1.00 e. The van der Waals surface area contributed by atoms with E-state index in [4.69, 9.17) is 10.4 Å². The number of hydrogen-bond donors (Lipinski definition) is 1. The number of hydrogen-bond acceptors (Lipinski definition) is 4. The summed E-state index contributed by atoms with van der Waals surface area (Å²) in [5.41, 5.74) is 0.344. The molecule has 0 spiro atoms. The van der Waals surface area contributed by atoms with Crippen molar-refractivity contribution >= 4 is 5.97 Å². The van der Waals surface area contributed by atoms with E-state index in [9.17, 15) is 9.90 Å². The molecular weight excluding hydrogens is 193 g/mol. The van der Waals surface area contributed by atoms with E-state index in [0.717, 1.165) is 0 Å². The van der Waals surface area contributed by atoms with E-state index < -0.39 is 5.97 Å². The smallest absolute Gasteiger partial charge is 0.545 e. The van der Waals surface area contributed by atoms with Gasteiger partial charge in [0.05, 0.1) is 24.2 Å². The average Bonchev–Trinajstić information content (AvgIpc) is 2.16. The third-order valence-corrected chi connectivity index (χ3v) is 1.63. The third kappa shape index (κ3) is 2.82. The molecule has 66 valence electrons. The van der Waals surface area contributed by atoms with Crippen LogP contribution in [-0.2, 0) is 6.61 Å². The molecule has 0 amide bonds. The summed E-state index contributed by atoms with van der Waals surface area (Å²) in [6.45, 7) is -0.380. The predicted molar refractivity (Wildman–Crippen MR) is 41.4 cm³/mol. The van der Waals surface area contributed by atoms with Crippen LogP contribution in [0.3, 0.4) is 0 Å². The molecule has 0 fully saturated rings. The predicted octanol–water partition coefficient (Wildman–Crippen LogP) is -3.58. The fourth-order valence-corrected chi connectivity index (χ4v) is 0.974. The number of nitriles is 1. The fraction of sp³-hybridized carbons (Fsp3) is 0.111. The Kier molecular flexibility index (Phi) is 5.43. The Morgan fingerprint density at radius 2 is 2.21 bits per heavy atom. The van der Waals surface area contributed by atoms with Gasteiger partial charge in [-0.15, -0.1) is 0 Å². The molecule has 0 saturated heterocycles. The molecule has 1 aromatic carbocycles. The Morgan fingerprint density at radius 1 is 1.57 bits per heavy atom. The second kappa shape index (κ2) is 5.78. The molecule has 0 aliphatic rings. The fourth-order valence-electron chi connectivity index (χ4n) is 0.974. The van der Waals surface area contributed by atoms with Crippen molar-refractivity contribution in [3.05, 3.63) is 34.9 Å². The van der Waals surface area contributed by atoms with Crippen molar-refractivity contribution in [2.45, 2.75) is 6.61 Å². The molecule has 0 aromatic heterocycles. The molecule has 1 aromatic rings. The number of aliphatic hydroxyl groups is 1. The minimum absolute atomic E-state index is 0. The first-order valence-electron chi connectivity index (χ1n) is 3.54. The summed E-state index contributed by atoms with van der Waals surface area (Å²) < 4.78 is 0. The van der Waals surface area contributed by atoms with Crippen LogP contribution in [0.1, 0.15) is 21.5 Å². The number of carbonyl (C=O) groups excluding carboxylic acids is 1. The van der Waals surface area contributed by atoms with Gasteiger partial charge < -0.3 is 15.0 Å². The van der Waals surface area contributed by atoms with Gasteiger partial charge in [-0.1, -0.05) is 6.07 Å². The normalized spacial score (nSPS) is 8.57. The van der Waals surface area contributed by atoms with E-state index in [1.54, 1.807) is 6.07 Å². The summed E-state index contributed by atoms with van der Waals surface area (Å²) in [6.07, 6.45) is 0. The summed E-state index contributed by atoms with van der Waals surface area (Å²) >= 11 is 0. The summed E-state index contributed by atoms with van der Waals surface area (Å²) in [5, 5.41) is 27.8. The zero-order valence-corrected chi connectivity index (χ0v) is 9.65. The molecule has 0 aliphatic carbocycles. The van der Waals surface area contributed by atoms with Crippen LogP contribution < -0.4 is 34.7 Å². The third-order valence-electron chi connectivity index (χ3n) is 1.63. The van der Waals surface area contributed by atoms with Crippen molar-refractivity contribution in [2.75, 3.05) is 0 Å². The number of aromatic carboxylic acids is 1. The van der Waals surface area contributed by atoms with Crippen LogP contribution in [0.2, 0.25) is 0 Å². The number of benzene rings is 1. The molecule has 0 atom stereocenters. The average molecular weight is 199 g/mol. The minimum atomic E-state index is -1.39. The molecule has 1 rings (SSSR count). The van der Waals surface area contributed by atoms with Crippen LogP contribution >= 0.6 is 0 Å². The Labute approximate surface area is 103 Å².